The van der Waals surface area contributed by atoms with E-state index in [4.69, 9.17) is 5.41 Å². The summed E-state index contributed by atoms with van der Waals surface area (Å²) in [7, 11) is 0. The summed E-state index contributed by atoms with van der Waals surface area (Å²) in [5, 5.41) is 9.39. The number of nitrogens with one attached hydrogen (secondary N) is 1. The van der Waals surface area contributed by atoms with Gasteiger partial charge in [0.15, 0.2) is 0 Å². The first-order chi connectivity index (χ1) is 7.75. The Balaban J connectivity index is 3.28. The van der Waals surface area contributed by atoms with Crippen molar-refractivity contribution in [3.8, 4) is 0 Å². The van der Waals surface area contributed by atoms with Crippen LogP contribution in [0.3, 0.4) is 0 Å². The van der Waals surface area contributed by atoms with Gasteiger partial charge in [0.05, 0.1) is 5.71 Å². The lowest BCUT2D eigenvalue weighted by atomic mass is 9.96. The van der Waals surface area contributed by atoms with Crippen molar-refractivity contribution < 1.29 is 0 Å². The van der Waals surface area contributed by atoms with Gasteiger partial charge in [-0.1, -0.05) is 51.0 Å². The Kier molecular flexibility index (Phi) is 4.79. The second-order valence-corrected chi connectivity index (χ2v) is 9.94. The summed E-state index contributed by atoms with van der Waals surface area (Å²) in [4.78, 5) is 0. The molecule has 0 saturated heterocycles. The number of benzene rings is 1. The van der Waals surface area contributed by atoms with Gasteiger partial charge >= 0.3 is 0 Å². The lowest BCUT2D eigenvalue weighted by molar-refractivity contribution is 1.02. The van der Waals surface area contributed by atoms with Crippen LogP contribution >= 0.6 is 29.5 Å². The fourth-order valence-corrected chi connectivity index (χ4v) is 3.72. The first-order valence-corrected chi connectivity index (χ1v) is 9.41. The maximum absolute atomic E-state index is 8.07. The molecule has 1 N–H and O–H groups in total. The molecule has 0 heterocycles. The molecule has 0 aliphatic heterocycles. The van der Waals surface area contributed by atoms with Gasteiger partial charge in [-0.2, -0.15) is 0 Å². The van der Waals surface area contributed by atoms with E-state index in [0.717, 1.165) is 3.58 Å². The molecule has 1 aromatic carbocycles. The zero-order chi connectivity index (χ0) is 13.2. The topological polar surface area (TPSA) is 23.9 Å². The van der Waals surface area contributed by atoms with Gasteiger partial charge in [0, 0.05) is 9.50 Å². The van der Waals surface area contributed by atoms with Crippen molar-refractivity contribution in [1.82, 2.24) is 0 Å². The van der Waals surface area contributed by atoms with Crippen LogP contribution in [0.2, 0.25) is 0 Å². The lowest BCUT2D eigenvalue weighted by Gasteiger charge is -2.22. The highest BCUT2D eigenvalue weighted by Gasteiger charge is 2.18. The Morgan fingerprint density at radius 2 is 1.88 bits per heavy atom. The van der Waals surface area contributed by atoms with Crippen LogP contribution in [0, 0.1) is 5.41 Å². The van der Waals surface area contributed by atoms with Crippen LogP contribution in [-0.4, -0.2) is 25.3 Å². The maximum Gasteiger partial charge on any atom is 0.0513 e. The minimum atomic E-state index is -1.31. The van der Waals surface area contributed by atoms with Crippen LogP contribution in [0.25, 0.3) is 0 Å². The molecule has 92 valence electrons. The molecule has 0 bridgehead atoms. The Labute approximate surface area is 118 Å². The molecule has 1 atom stereocenters. The van der Waals surface area contributed by atoms with E-state index >= 15 is 0 Å². The molecular weight excluding hydrogens is 340 g/mol. The summed E-state index contributed by atoms with van der Waals surface area (Å²) >= 11 is 2.12. The molecule has 0 aromatic heterocycles. The molecule has 0 amide bonds. The zero-order valence-corrected chi connectivity index (χ0v) is 13.7. The van der Waals surface area contributed by atoms with E-state index in [1.807, 2.05) is 6.07 Å². The summed E-state index contributed by atoms with van der Waals surface area (Å²) in [5.74, 6) is 0.0941. The van der Waals surface area contributed by atoms with E-state index in [1.54, 1.807) is 0 Å². The smallest absolute Gasteiger partial charge is 0.0513 e. The van der Waals surface area contributed by atoms with E-state index in [9.17, 15) is 0 Å². The maximum atomic E-state index is 8.07. The van der Waals surface area contributed by atoms with Crippen molar-refractivity contribution in [1.29, 1.82) is 5.41 Å². The highest BCUT2D eigenvalue weighted by atomic mass is 127. The van der Waals surface area contributed by atoms with Crippen LogP contribution in [0.4, 0.5) is 0 Å². The van der Waals surface area contributed by atoms with Crippen molar-refractivity contribution in [3.63, 3.8) is 0 Å². The SMILES string of the molecule is C=C(I)C(=N)C(C)c1ccccc1P(=C)(C)C. The van der Waals surface area contributed by atoms with Gasteiger partial charge in [-0.15, -0.1) is 0 Å². The van der Waals surface area contributed by atoms with E-state index in [2.05, 4.69) is 73.9 Å². The third-order valence-corrected chi connectivity index (χ3v) is 5.07. The third kappa shape index (κ3) is 3.56. The van der Waals surface area contributed by atoms with Crippen LogP contribution in [-0.2, 0) is 0 Å². The quantitative estimate of drug-likeness (QED) is 0.476. The fraction of sp³-hybridized carbons (Fsp3) is 0.286. The van der Waals surface area contributed by atoms with Crippen LogP contribution in [0.5, 0.6) is 0 Å². The average molecular weight is 359 g/mol. The van der Waals surface area contributed by atoms with Gasteiger partial charge in [-0.25, -0.2) is 0 Å². The summed E-state index contributed by atoms with van der Waals surface area (Å²) in [6.07, 6.45) is 4.30. The van der Waals surface area contributed by atoms with Crippen molar-refractivity contribution in [3.05, 3.63) is 40.0 Å². The zero-order valence-electron chi connectivity index (χ0n) is 10.6. The molecule has 17 heavy (non-hydrogen) atoms. The Morgan fingerprint density at radius 3 is 2.35 bits per heavy atom. The second-order valence-electron chi connectivity index (χ2n) is 4.78. The molecule has 1 nitrogen and oxygen atoms in total. The van der Waals surface area contributed by atoms with Gasteiger partial charge in [-0.3, -0.25) is 0 Å². The van der Waals surface area contributed by atoms with Crippen LogP contribution in [0.15, 0.2) is 34.4 Å². The van der Waals surface area contributed by atoms with E-state index in [0.29, 0.717) is 5.71 Å². The Morgan fingerprint density at radius 1 is 1.35 bits per heavy atom. The largest absolute Gasteiger partial charge is 0.304 e. The van der Waals surface area contributed by atoms with Crippen molar-refractivity contribution in [2.45, 2.75) is 12.8 Å². The van der Waals surface area contributed by atoms with E-state index < -0.39 is 6.89 Å². The number of halogens is 1. The average Bonchev–Trinajstić information content (AvgIpc) is 2.25. The number of allylic oxidation sites excluding steroid dienone is 1. The molecule has 0 spiro atoms. The monoisotopic (exact) mass is 359 g/mol. The van der Waals surface area contributed by atoms with Gasteiger partial charge in [-0.05, 0) is 46.8 Å². The molecule has 3 heteroatoms. The fourth-order valence-electron chi connectivity index (χ4n) is 1.80. The standard InChI is InChI=1S/C14H19INP/c1-10(14(16)11(2)15)12-8-6-7-9-13(12)17(3,4)5/h6-10,16H,2-3H2,1,4-5H3. The normalized spacial score (nSPS) is 13.2. The predicted octanol–water partition coefficient (Wildman–Crippen LogP) is 4.09. The molecule has 0 aliphatic rings. The number of rotatable bonds is 4. The van der Waals surface area contributed by atoms with Crippen molar-refractivity contribution in [2.75, 3.05) is 13.3 Å². The lowest BCUT2D eigenvalue weighted by Crippen LogP contribution is -2.18. The van der Waals surface area contributed by atoms with E-state index in [-0.39, 0.29) is 5.92 Å². The molecule has 1 unspecified atom stereocenters. The summed E-state index contributed by atoms with van der Waals surface area (Å²) in [5.41, 5.74) is 1.83. The van der Waals surface area contributed by atoms with Crippen molar-refractivity contribution in [2.24, 2.45) is 0 Å². The molecule has 0 saturated carbocycles. The van der Waals surface area contributed by atoms with Gasteiger partial charge in [0.25, 0.3) is 0 Å². The van der Waals surface area contributed by atoms with Crippen LogP contribution < -0.4 is 5.30 Å². The highest BCUT2D eigenvalue weighted by molar-refractivity contribution is 14.1. The van der Waals surface area contributed by atoms with E-state index in [1.165, 1.54) is 10.9 Å². The Hall–Kier alpha value is -0.340. The van der Waals surface area contributed by atoms with Gasteiger partial charge in [0.1, 0.15) is 0 Å². The number of hydrogen-bond acceptors (Lipinski definition) is 1. The summed E-state index contributed by atoms with van der Waals surface area (Å²) in [6.45, 7) is 9.03. The minimum Gasteiger partial charge on any atom is -0.304 e. The molecular formula is C14H19INP. The Bertz CT molecular complexity index is 499. The minimum absolute atomic E-state index is 0.0941. The van der Waals surface area contributed by atoms with Crippen LogP contribution in [0.1, 0.15) is 18.4 Å². The predicted molar refractivity (Wildman–Crippen MR) is 91.3 cm³/mol. The summed E-state index contributed by atoms with van der Waals surface area (Å²) in [6, 6.07) is 8.35. The first kappa shape index (κ1) is 14.7. The van der Waals surface area contributed by atoms with Gasteiger partial charge in [0.2, 0.25) is 0 Å². The van der Waals surface area contributed by atoms with Crippen molar-refractivity contribution >= 4 is 46.8 Å². The third-order valence-electron chi connectivity index (χ3n) is 2.78. The molecule has 0 fully saturated rings. The molecule has 1 aromatic rings. The highest BCUT2D eigenvalue weighted by Crippen LogP contribution is 2.37. The molecule has 0 radical (unpaired) electrons. The molecule has 0 aliphatic carbocycles. The molecule has 1 rings (SSSR count). The second kappa shape index (κ2) is 5.53. The van der Waals surface area contributed by atoms with Gasteiger partial charge < -0.3 is 5.41 Å². The first-order valence-electron chi connectivity index (χ1n) is 5.46. The number of hydrogen-bond donors (Lipinski definition) is 1. The summed E-state index contributed by atoms with van der Waals surface area (Å²) < 4.78 is 0.810.